The highest BCUT2D eigenvalue weighted by atomic mass is 35.5. The molecule has 0 bridgehead atoms. The van der Waals surface area contributed by atoms with Gasteiger partial charge in [-0.05, 0) is 0 Å². The lowest BCUT2D eigenvalue weighted by Gasteiger charge is -2.35. The van der Waals surface area contributed by atoms with Gasteiger partial charge in [0.1, 0.15) is 23.2 Å². The van der Waals surface area contributed by atoms with E-state index in [1.807, 2.05) is 0 Å². The number of nitrogens with two attached hydrogens (primary N) is 1. The number of carbonyl (C=O) groups excluding carboxylic acids is 2. The second-order valence-electron chi connectivity index (χ2n) is 4.17. The molecule has 0 aliphatic carbocycles. The zero-order chi connectivity index (χ0) is 17.4. The summed E-state index contributed by atoms with van der Waals surface area (Å²) < 4.78 is 30.7. The van der Waals surface area contributed by atoms with Crippen molar-refractivity contribution < 1.29 is 27.4 Å². The van der Waals surface area contributed by atoms with Crippen molar-refractivity contribution in [1.29, 1.82) is 0 Å². The lowest BCUT2D eigenvalue weighted by Crippen LogP contribution is -2.65. The average molecular weight is 384 g/mol. The molecule has 23 heavy (non-hydrogen) atoms. The van der Waals surface area contributed by atoms with Gasteiger partial charge in [-0.2, -0.15) is 8.42 Å². The minimum atomic E-state index is -4.64. The smallest absolute Gasteiger partial charge is 0.362 e. The molecule has 0 radical (unpaired) electrons. The van der Waals surface area contributed by atoms with Crippen molar-refractivity contribution >= 4 is 55.9 Å². The van der Waals surface area contributed by atoms with Crippen molar-refractivity contribution in [2.24, 2.45) is 5.16 Å². The van der Waals surface area contributed by atoms with Crippen molar-refractivity contribution in [1.82, 2.24) is 14.6 Å². The second kappa shape index (κ2) is 6.27. The topological polar surface area (TPSA) is 164 Å². The fourth-order valence-electron chi connectivity index (χ4n) is 1.68. The molecule has 2 amide bonds. The number of halogens is 1. The summed E-state index contributed by atoms with van der Waals surface area (Å²) in [6.45, 7) is -0.406. The molecule has 4 N–H and O–H groups in total. The van der Waals surface area contributed by atoms with Gasteiger partial charge in [-0.25, -0.2) is 9.29 Å². The van der Waals surface area contributed by atoms with Gasteiger partial charge in [-0.3, -0.25) is 14.1 Å². The number of β-lactam (4-membered cyclic amide) rings is 1. The largest absolute Gasteiger partial charge is 0.398 e. The molecule has 1 aromatic rings. The van der Waals surface area contributed by atoms with Gasteiger partial charge in [0.2, 0.25) is 0 Å². The Morgan fingerprint density at radius 1 is 1.65 bits per heavy atom. The lowest BCUT2D eigenvalue weighted by atomic mass is 10.1. The monoisotopic (exact) mass is 383 g/mol. The van der Waals surface area contributed by atoms with Crippen LogP contribution in [0.1, 0.15) is 5.69 Å². The number of carbonyl (C=O) groups is 2. The molecule has 2 heterocycles. The Hall–Kier alpha value is -1.96. The Balaban J connectivity index is 2.14. The first-order valence-electron chi connectivity index (χ1n) is 5.78. The first kappa shape index (κ1) is 17.4. The number of nitrogens with zero attached hydrogens (tertiary/aromatic N) is 3. The van der Waals surface area contributed by atoms with Crippen LogP contribution in [0.15, 0.2) is 5.16 Å². The van der Waals surface area contributed by atoms with Crippen LogP contribution in [-0.4, -0.2) is 59.5 Å². The van der Waals surface area contributed by atoms with Gasteiger partial charge in [0.05, 0.1) is 6.54 Å². The number of aromatic nitrogens is 1. The molecule has 0 aromatic carbocycles. The standard InChI is InChI=1S/C9H10ClN5O6S2/c1-21-14-5(4-6(10)22-9(11)13-4)7(16)12-3-2-15(8(3)17)23(18,19)20/h3H,2H2,1H3,(H2,11,13)(H,12,16)(H,18,19,20). The van der Waals surface area contributed by atoms with Crippen molar-refractivity contribution in [3.63, 3.8) is 0 Å². The van der Waals surface area contributed by atoms with E-state index in [2.05, 4.69) is 20.3 Å². The van der Waals surface area contributed by atoms with Gasteiger partial charge < -0.3 is 15.9 Å². The third-order valence-electron chi connectivity index (χ3n) is 2.70. The highest BCUT2D eigenvalue weighted by Crippen LogP contribution is 2.26. The summed E-state index contributed by atoms with van der Waals surface area (Å²) in [5.41, 5.74) is 5.12. The number of thiazole rings is 1. The number of amides is 2. The van der Waals surface area contributed by atoms with E-state index in [1.54, 1.807) is 0 Å². The fraction of sp³-hybridized carbons (Fsp3) is 0.333. The van der Waals surface area contributed by atoms with Crippen LogP contribution >= 0.6 is 22.9 Å². The molecule has 1 atom stereocenters. The van der Waals surface area contributed by atoms with E-state index in [0.717, 1.165) is 11.3 Å². The normalized spacial score (nSPS) is 18.6. The number of nitrogen functional groups attached to an aromatic ring is 1. The van der Waals surface area contributed by atoms with Crippen LogP contribution < -0.4 is 11.1 Å². The van der Waals surface area contributed by atoms with E-state index in [0.29, 0.717) is 0 Å². The predicted octanol–water partition coefficient (Wildman–Crippen LogP) is -1.14. The first-order chi connectivity index (χ1) is 10.6. The van der Waals surface area contributed by atoms with Crippen LogP contribution in [0.4, 0.5) is 5.13 Å². The van der Waals surface area contributed by atoms with Gasteiger partial charge in [-0.1, -0.05) is 28.1 Å². The summed E-state index contributed by atoms with van der Waals surface area (Å²) in [7, 11) is -3.45. The molecule has 0 spiro atoms. The van der Waals surface area contributed by atoms with Gasteiger partial charge >= 0.3 is 10.3 Å². The minimum absolute atomic E-state index is 0.0353. The third kappa shape index (κ3) is 3.52. The summed E-state index contributed by atoms with van der Waals surface area (Å²) in [6.07, 6.45) is 0. The van der Waals surface area contributed by atoms with Crippen molar-refractivity contribution in [2.75, 3.05) is 19.4 Å². The SMILES string of the molecule is CON=C(C(=O)NC1CN(S(=O)(=O)O)C1=O)c1nc(N)sc1Cl. The summed E-state index contributed by atoms with van der Waals surface area (Å²) in [6, 6.07) is -1.14. The molecule has 2 rings (SSSR count). The Morgan fingerprint density at radius 3 is 2.74 bits per heavy atom. The Bertz CT molecular complexity index is 790. The van der Waals surface area contributed by atoms with Crippen molar-refractivity contribution in [3.8, 4) is 0 Å². The van der Waals surface area contributed by atoms with E-state index >= 15 is 0 Å². The van der Waals surface area contributed by atoms with Gasteiger partial charge in [0.25, 0.3) is 11.8 Å². The van der Waals surface area contributed by atoms with Gasteiger partial charge in [0, 0.05) is 0 Å². The van der Waals surface area contributed by atoms with E-state index in [4.69, 9.17) is 21.9 Å². The number of hydrogen-bond donors (Lipinski definition) is 3. The zero-order valence-corrected chi connectivity index (χ0v) is 13.8. The maximum absolute atomic E-state index is 12.2. The molecular weight excluding hydrogens is 374 g/mol. The molecule has 14 heteroatoms. The number of hydrogen-bond acceptors (Lipinski definition) is 9. The molecule has 1 aliphatic heterocycles. The van der Waals surface area contributed by atoms with E-state index in [9.17, 15) is 18.0 Å². The minimum Gasteiger partial charge on any atom is -0.398 e. The maximum atomic E-state index is 12.2. The zero-order valence-electron chi connectivity index (χ0n) is 11.4. The Kier molecular flexibility index (Phi) is 4.74. The van der Waals surface area contributed by atoms with E-state index < -0.39 is 34.7 Å². The molecule has 1 fully saturated rings. The Morgan fingerprint density at radius 2 is 2.30 bits per heavy atom. The van der Waals surface area contributed by atoms with E-state index in [1.165, 1.54) is 7.11 Å². The van der Waals surface area contributed by atoms with Crippen LogP contribution in [0, 0.1) is 0 Å². The fourth-order valence-corrected chi connectivity index (χ4v) is 3.30. The molecule has 126 valence electrons. The quantitative estimate of drug-likeness (QED) is 0.248. The lowest BCUT2D eigenvalue weighted by molar-refractivity contribution is -0.139. The highest BCUT2D eigenvalue weighted by Gasteiger charge is 2.45. The van der Waals surface area contributed by atoms with E-state index in [-0.39, 0.29) is 25.2 Å². The average Bonchev–Trinajstić information content (AvgIpc) is 2.76. The predicted molar refractivity (Wildman–Crippen MR) is 80.3 cm³/mol. The number of nitrogens with one attached hydrogen (secondary N) is 1. The number of rotatable bonds is 5. The molecule has 11 nitrogen and oxygen atoms in total. The summed E-state index contributed by atoms with van der Waals surface area (Å²) >= 11 is 6.80. The summed E-state index contributed by atoms with van der Waals surface area (Å²) in [5, 5.41) is 5.82. The van der Waals surface area contributed by atoms with Crippen LogP contribution in [0.25, 0.3) is 0 Å². The maximum Gasteiger partial charge on any atom is 0.362 e. The molecule has 1 saturated heterocycles. The van der Waals surface area contributed by atoms with Crippen LogP contribution in [0.2, 0.25) is 4.34 Å². The highest BCUT2D eigenvalue weighted by molar-refractivity contribution is 7.84. The molecule has 1 aromatic heterocycles. The summed E-state index contributed by atoms with van der Waals surface area (Å²) in [4.78, 5) is 32.1. The van der Waals surface area contributed by atoms with Crippen LogP contribution in [0.3, 0.4) is 0 Å². The molecule has 0 saturated carbocycles. The summed E-state index contributed by atoms with van der Waals surface area (Å²) in [5.74, 6) is -1.85. The number of anilines is 1. The number of oxime groups is 1. The Labute approximate surface area is 138 Å². The van der Waals surface area contributed by atoms with Crippen molar-refractivity contribution in [2.45, 2.75) is 6.04 Å². The van der Waals surface area contributed by atoms with Crippen LogP contribution in [0.5, 0.6) is 0 Å². The van der Waals surface area contributed by atoms with Gasteiger partial charge in [-0.15, -0.1) is 0 Å². The first-order valence-corrected chi connectivity index (χ1v) is 8.37. The molecule has 1 aliphatic rings. The molecule has 1 unspecified atom stereocenters. The second-order valence-corrected chi connectivity index (χ2v) is 7.14. The van der Waals surface area contributed by atoms with Crippen molar-refractivity contribution in [3.05, 3.63) is 10.0 Å². The molecular formula is C9H10ClN5O6S2. The van der Waals surface area contributed by atoms with Gasteiger partial charge in [0.15, 0.2) is 10.8 Å². The van der Waals surface area contributed by atoms with Crippen LogP contribution in [-0.2, 0) is 24.7 Å². The third-order valence-corrected chi connectivity index (χ3v) is 4.67.